The first-order chi connectivity index (χ1) is 8.78. The molecule has 0 saturated carbocycles. The summed E-state index contributed by atoms with van der Waals surface area (Å²) in [6.45, 7) is 5.82. The molecule has 0 saturated heterocycles. The summed E-state index contributed by atoms with van der Waals surface area (Å²) in [4.78, 5) is 4.22. The molecular formula is C12H20BrN3O2S. The van der Waals surface area contributed by atoms with Crippen molar-refractivity contribution in [3.05, 3.63) is 16.7 Å². The van der Waals surface area contributed by atoms with Crippen molar-refractivity contribution in [3.8, 4) is 0 Å². The highest BCUT2D eigenvalue weighted by atomic mass is 79.9. The van der Waals surface area contributed by atoms with E-state index in [-0.39, 0.29) is 4.90 Å². The predicted octanol–water partition coefficient (Wildman–Crippen LogP) is 2.74. The van der Waals surface area contributed by atoms with Crippen molar-refractivity contribution in [2.75, 3.05) is 12.4 Å². The maximum absolute atomic E-state index is 12.5. The topological polar surface area (TPSA) is 71.1 Å². The average Bonchev–Trinajstić information content (AvgIpc) is 2.38. The summed E-state index contributed by atoms with van der Waals surface area (Å²) in [5.74, 6) is 0.338. The van der Waals surface area contributed by atoms with E-state index in [0.717, 1.165) is 12.8 Å². The van der Waals surface area contributed by atoms with Crippen LogP contribution in [0.15, 0.2) is 21.6 Å². The third-order valence-electron chi connectivity index (χ3n) is 3.29. The fraction of sp³-hybridized carbons (Fsp3) is 0.583. The molecule has 0 radical (unpaired) electrons. The molecule has 1 heterocycles. The van der Waals surface area contributed by atoms with Gasteiger partial charge in [0.15, 0.2) is 0 Å². The monoisotopic (exact) mass is 349 g/mol. The van der Waals surface area contributed by atoms with Gasteiger partial charge in [0, 0.05) is 23.3 Å². The normalized spacial score (nSPS) is 12.5. The van der Waals surface area contributed by atoms with Crippen molar-refractivity contribution in [2.45, 2.75) is 44.0 Å². The van der Waals surface area contributed by atoms with Gasteiger partial charge in [-0.2, -0.15) is 0 Å². The van der Waals surface area contributed by atoms with Crippen LogP contribution in [0.25, 0.3) is 0 Å². The fourth-order valence-electron chi connectivity index (χ4n) is 1.59. The molecule has 0 fully saturated rings. The quantitative estimate of drug-likeness (QED) is 0.828. The lowest BCUT2D eigenvalue weighted by atomic mass is 9.98. The van der Waals surface area contributed by atoms with Crippen LogP contribution in [0.2, 0.25) is 0 Å². The SMILES string of the molecule is CCC(C)(CC)NS(=O)(=O)c1cc(Br)cnc1NC. The summed E-state index contributed by atoms with van der Waals surface area (Å²) < 4.78 is 28.4. The molecule has 2 N–H and O–H groups in total. The van der Waals surface area contributed by atoms with Crippen molar-refractivity contribution in [1.29, 1.82) is 0 Å². The second-order valence-corrected chi connectivity index (χ2v) is 7.19. The average molecular weight is 350 g/mol. The zero-order chi connectivity index (χ0) is 14.7. The Morgan fingerprint density at radius 2 is 1.95 bits per heavy atom. The van der Waals surface area contributed by atoms with Gasteiger partial charge in [-0.15, -0.1) is 0 Å². The van der Waals surface area contributed by atoms with Gasteiger partial charge in [0.2, 0.25) is 10.0 Å². The van der Waals surface area contributed by atoms with Crippen LogP contribution < -0.4 is 10.0 Å². The zero-order valence-corrected chi connectivity index (χ0v) is 14.0. The van der Waals surface area contributed by atoms with Crippen LogP contribution in [-0.4, -0.2) is 26.0 Å². The Balaban J connectivity index is 3.24. The molecule has 0 spiro atoms. The Bertz CT molecular complexity index is 542. The number of hydrogen-bond acceptors (Lipinski definition) is 4. The third-order valence-corrected chi connectivity index (χ3v) is 5.37. The molecule has 0 atom stereocenters. The van der Waals surface area contributed by atoms with Crippen LogP contribution in [0.4, 0.5) is 5.82 Å². The molecule has 0 aliphatic rings. The number of anilines is 1. The van der Waals surface area contributed by atoms with Gasteiger partial charge in [-0.3, -0.25) is 0 Å². The lowest BCUT2D eigenvalue weighted by molar-refractivity contribution is 0.389. The van der Waals surface area contributed by atoms with E-state index in [2.05, 4.69) is 31.0 Å². The third kappa shape index (κ3) is 3.90. The molecule has 108 valence electrons. The predicted molar refractivity (Wildman–Crippen MR) is 80.8 cm³/mol. The van der Waals surface area contributed by atoms with Gasteiger partial charge in [-0.25, -0.2) is 18.1 Å². The molecule has 1 aromatic rings. The molecule has 1 aromatic heterocycles. The molecule has 5 nitrogen and oxygen atoms in total. The number of halogens is 1. The highest BCUT2D eigenvalue weighted by molar-refractivity contribution is 9.10. The maximum atomic E-state index is 12.5. The van der Waals surface area contributed by atoms with Gasteiger partial charge in [0.05, 0.1) is 0 Å². The Morgan fingerprint density at radius 1 is 1.37 bits per heavy atom. The van der Waals surface area contributed by atoms with E-state index in [4.69, 9.17) is 0 Å². The number of pyridine rings is 1. The Kier molecular flexibility index (Phi) is 5.34. The first-order valence-corrected chi connectivity index (χ1v) is 8.43. The van der Waals surface area contributed by atoms with E-state index < -0.39 is 15.6 Å². The second kappa shape index (κ2) is 6.19. The number of sulfonamides is 1. The van der Waals surface area contributed by atoms with Gasteiger partial charge in [-0.1, -0.05) is 13.8 Å². The Morgan fingerprint density at radius 3 is 2.42 bits per heavy atom. The lowest BCUT2D eigenvalue weighted by Crippen LogP contribution is -2.45. The molecule has 0 amide bonds. The van der Waals surface area contributed by atoms with E-state index >= 15 is 0 Å². The minimum atomic E-state index is -3.61. The second-order valence-electron chi connectivity index (χ2n) is 4.62. The first kappa shape index (κ1) is 16.4. The van der Waals surface area contributed by atoms with Crippen LogP contribution in [0.1, 0.15) is 33.6 Å². The van der Waals surface area contributed by atoms with Crippen molar-refractivity contribution in [1.82, 2.24) is 9.71 Å². The minimum Gasteiger partial charge on any atom is -0.372 e. The molecule has 19 heavy (non-hydrogen) atoms. The number of nitrogens with one attached hydrogen (secondary N) is 2. The van der Waals surface area contributed by atoms with Gasteiger partial charge in [-0.05, 0) is 41.8 Å². The van der Waals surface area contributed by atoms with E-state index in [1.807, 2.05) is 20.8 Å². The molecular weight excluding hydrogens is 330 g/mol. The number of rotatable bonds is 6. The van der Waals surface area contributed by atoms with E-state index in [9.17, 15) is 8.42 Å². The standard InChI is InChI=1S/C12H20BrN3O2S/c1-5-12(3,6-2)16-19(17,18)10-7-9(13)8-15-11(10)14-4/h7-8,16H,5-6H2,1-4H3,(H,14,15). The van der Waals surface area contributed by atoms with Crippen LogP contribution in [0, 0.1) is 0 Å². The molecule has 0 aliphatic heterocycles. The fourth-order valence-corrected chi connectivity index (χ4v) is 3.81. The molecule has 0 aliphatic carbocycles. The van der Waals surface area contributed by atoms with Gasteiger partial charge in [0.25, 0.3) is 0 Å². The van der Waals surface area contributed by atoms with Crippen LogP contribution in [0.3, 0.4) is 0 Å². The Labute approximate surface area is 123 Å². The molecule has 1 rings (SSSR count). The highest BCUT2D eigenvalue weighted by Gasteiger charge is 2.29. The summed E-state index contributed by atoms with van der Waals surface area (Å²) in [5, 5.41) is 2.80. The van der Waals surface area contributed by atoms with Crippen molar-refractivity contribution >= 4 is 31.8 Å². The number of nitrogens with zero attached hydrogens (tertiary/aromatic N) is 1. The number of hydrogen-bond donors (Lipinski definition) is 2. The van der Waals surface area contributed by atoms with Gasteiger partial charge < -0.3 is 5.32 Å². The number of aromatic nitrogens is 1. The first-order valence-electron chi connectivity index (χ1n) is 6.15. The summed E-state index contributed by atoms with van der Waals surface area (Å²) in [6.07, 6.45) is 3.00. The lowest BCUT2D eigenvalue weighted by Gasteiger charge is -2.28. The highest BCUT2D eigenvalue weighted by Crippen LogP contribution is 2.25. The molecule has 7 heteroatoms. The molecule has 0 unspecified atom stereocenters. The van der Waals surface area contributed by atoms with Crippen LogP contribution in [0.5, 0.6) is 0 Å². The summed E-state index contributed by atoms with van der Waals surface area (Å²) in [7, 11) is -1.97. The van der Waals surface area contributed by atoms with E-state index in [1.165, 1.54) is 0 Å². The minimum absolute atomic E-state index is 0.150. The van der Waals surface area contributed by atoms with Crippen LogP contribution in [-0.2, 0) is 10.0 Å². The van der Waals surface area contributed by atoms with Gasteiger partial charge >= 0.3 is 0 Å². The van der Waals surface area contributed by atoms with Crippen LogP contribution >= 0.6 is 15.9 Å². The van der Waals surface area contributed by atoms with Crippen molar-refractivity contribution in [3.63, 3.8) is 0 Å². The van der Waals surface area contributed by atoms with E-state index in [1.54, 1.807) is 19.3 Å². The van der Waals surface area contributed by atoms with Crippen molar-refractivity contribution in [2.24, 2.45) is 0 Å². The Hall–Kier alpha value is -0.660. The largest absolute Gasteiger partial charge is 0.372 e. The van der Waals surface area contributed by atoms with Gasteiger partial charge in [0.1, 0.15) is 10.7 Å². The molecule has 0 aromatic carbocycles. The zero-order valence-electron chi connectivity index (χ0n) is 11.6. The summed E-state index contributed by atoms with van der Waals surface area (Å²) in [6, 6.07) is 1.55. The van der Waals surface area contributed by atoms with Crippen molar-refractivity contribution < 1.29 is 8.42 Å². The smallest absolute Gasteiger partial charge is 0.244 e. The van der Waals surface area contributed by atoms with E-state index in [0.29, 0.717) is 10.3 Å². The molecule has 0 bridgehead atoms. The summed E-state index contributed by atoms with van der Waals surface area (Å²) >= 11 is 3.25. The summed E-state index contributed by atoms with van der Waals surface area (Å²) in [5.41, 5.74) is -0.452. The maximum Gasteiger partial charge on any atom is 0.244 e.